The minimum absolute atomic E-state index is 0. The van der Waals surface area contributed by atoms with Crippen molar-refractivity contribution < 1.29 is 105 Å². The minimum Gasteiger partial charge on any atom is -0.545 e. The first kappa shape index (κ1) is 50.2. The zero-order valence-electron chi connectivity index (χ0n) is 24.5. The quantitative estimate of drug-likeness (QED) is 0.0778. The van der Waals surface area contributed by atoms with Gasteiger partial charge in [0.25, 0.3) is 0 Å². The van der Waals surface area contributed by atoms with Crippen LogP contribution in [0.3, 0.4) is 0 Å². The predicted molar refractivity (Wildman–Crippen MR) is 143 cm³/mol. The Hall–Kier alpha value is -4.41. The van der Waals surface area contributed by atoms with Gasteiger partial charge in [0.05, 0.1) is 23.9 Å². The first-order chi connectivity index (χ1) is 20.1. The third-order valence-electron chi connectivity index (χ3n) is 4.63. The number of rotatable bonds is 20. The fraction of sp³-hybridized carbons (Fsp3) is 0.429. The van der Waals surface area contributed by atoms with Crippen molar-refractivity contribution in [3.8, 4) is 0 Å². The van der Waals surface area contributed by atoms with Crippen LogP contribution in [0.15, 0.2) is 48.6 Å². The number of aliphatic carboxylic acids is 8. The van der Waals surface area contributed by atoms with Crippen LogP contribution in [0.1, 0.15) is 77.0 Å². The third kappa shape index (κ3) is 44.2. The molecule has 0 radical (unpaired) electrons. The molecule has 0 amide bonds. The molecular weight excluding hydrogens is 771 g/mol. The normalized spacial score (nSPS) is 8.89. The Bertz CT molecular complexity index is 906. The second-order valence-electron chi connectivity index (χ2n) is 8.55. The van der Waals surface area contributed by atoms with Crippen molar-refractivity contribution >= 4 is 47.8 Å². The van der Waals surface area contributed by atoms with Crippen LogP contribution in [-0.4, -0.2) is 68.2 Å². The van der Waals surface area contributed by atoms with Crippen molar-refractivity contribution in [2.24, 2.45) is 0 Å². The maximum absolute atomic E-state index is 10.0. The molecule has 248 valence electrons. The Morgan fingerprint density at radius 3 is 0.578 bits per heavy atom. The van der Waals surface area contributed by atoms with Gasteiger partial charge in [0.2, 0.25) is 0 Å². The molecular formula is C28H36HfO16. The predicted octanol–water partition coefficient (Wildman–Crippen LogP) is -1.81. The summed E-state index contributed by atoms with van der Waals surface area (Å²) in [5, 5.41) is 72.8. The summed E-state index contributed by atoms with van der Waals surface area (Å²) in [6.45, 7) is 12.8. The second kappa shape index (κ2) is 31.0. The average molecular weight is 807 g/mol. The van der Waals surface area contributed by atoms with E-state index in [2.05, 4.69) is 26.3 Å². The van der Waals surface area contributed by atoms with Gasteiger partial charge in [-0.05, 0) is 73.7 Å². The summed E-state index contributed by atoms with van der Waals surface area (Å²) in [5.41, 5.74) is -0.199. The van der Waals surface area contributed by atoms with Crippen LogP contribution in [0, 0.1) is 0 Å². The van der Waals surface area contributed by atoms with Crippen molar-refractivity contribution in [3.05, 3.63) is 48.6 Å². The van der Waals surface area contributed by atoms with Crippen molar-refractivity contribution in [1.29, 1.82) is 0 Å². The molecule has 0 bridgehead atoms. The van der Waals surface area contributed by atoms with E-state index >= 15 is 0 Å². The van der Waals surface area contributed by atoms with Crippen LogP contribution in [-0.2, 0) is 64.2 Å². The van der Waals surface area contributed by atoms with Gasteiger partial charge in [0.15, 0.2) is 0 Å². The molecule has 0 unspecified atom stereocenters. The molecule has 0 saturated carbocycles. The molecule has 0 spiro atoms. The molecule has 0 saturated heterocycles. The fourth-order valence-corrected chi connectivity index (χ4v) is 2.22. The molecule has 17 heteroatoms. The van der Waals surface area contributed by atoms with Crippen LogP contribution in [0.2, 0.25) is 0 Å². The summed E-state index contributed by atoms with van der Waals surface area (Å²) in [6.07, 6.45) is 1.73. The SMILES string of the molecule is C=C(CCCC(=O)O)C(=O)[O-].C=C(CCCC(=O)O)C(=O)[O-].C=C(CCCC(=O)O)C(=O)[O-].C=C(CCCC(=O)O)C(=O)[O-].[Hf+4]. The molecule has 0 aliphatic heterocycles. The van der Waals surface area contributed by atoms with E-state index in [4.69, 9.17) is 20.4 Å². The van der Waals surface area contributed by atoms with Gasteiger partial charge < -0.3 is 60.0 Å². The standard InChI is InChI=1S/4C7H10O4.Hf/c4*1-5(7(10)11)3-2-4-6(8)9;/h4*1-4H2,(H,8,9)(H,10,11);/q;;;;+4/p-4. The van der Waals surface area contributed by atoms with E-state index in [0.717, 1.165) is 0 Å². The van der Waals surface area contributed by atoms with E-state index in [-0.39, 0.29) is 99.5 Å². The number of carboxylic acid groups (broad SMARTS) is 8. The summed E-state index contributed by atoms with van der Waals surface area (Å²) in [5.74, 6) is -8.98. The zero-order chi connectivity index (χ0) is 35.4. The maximum Gasteiger partial charge on any atom is 4.00 e. The minimum atomic E-state index is -1.31. The van der Waals surface area contributed by atoms with Crippen LogP contribution in [0.25, 0.3) is 0 Å². The van der Waals surface area contributed by atoms with E-state index in [9.17, 15) is 58.8 Å². The monoisotopic (exact) mass is 808 g/mol. The number of hydrogen-bond acceptors (Lipinski definition) is 12. The molecule has 0 heterocycles. The molecule has 45 heavy (non-hydrogen) atoms. The summed E-state index contributed by atoms with van der Waals surface area (Å²) in [4.78, 5) is 79.9. The van der Waals surface area contributed by atoms with Gasteiger partial charge in [-0.15, -0.1) is 0 Å². The molecule has 16 nitrogen and oxygen atoms in total. The van der Waals surface area contributed by atoms with Crippen LogP contribution in [0.4, 0.5) is 0 Å². The van der Waals surface area contributed by atoms with E-state index in [1.165, 1.54) is 0 Å². The zero-order valence-corrected chi connectivity index (χ0v) is 28.1. The Kier molecular flexibility index (Phi) is 34.6. The molecule has 0 rings (SSSR count). The molecule has 0 aromatic heterocycles. The summed E-state index contributed by atoms with van der Waals surface area (Å²) in [7, 11) is 0. The fourth-order valence-electron chi connectivity index (χ4n) is 2.22. The van der Waals surface area contributed by atoms with Crippen LogP contribution < -0.4 is 20.4 Å². The molecule has 0 aromatic carbocycles. The number of carbonyl (C=O) groups is 8. The first-order valence-corrected chi connectivity index (χ1v) is 12.6. The summed E-state index contributed by atoms with van der Waals surface area (Å²) >= 11 is 0. The Morgan fingerprint density at radius 2 is 0.489 bits per heavy atom. The second-order valence-corrected chi connectivity index (χ2v) is 8.55. The van der Waals surface area contributed by atoms with E-state index in [1.54, 1.807) is 0 Å². The number of carbonyl (C=O) groups excluding carboxylic acids is 4. The third-order valence-corrected chi connectivity index (χ3v) is 4.63. The van der Waals surface area contributed by atoms with Crippen molar-refractivity contribution in [2.45, 2.75) is 77.0 Å². The average Bonchev–Trinajstić information content (AvgIpc) is 2.88. The molecule has 4 N–H and O–H groups in total. The molecule has 0 atom stereocenters. The van der Waals surface area contributed by atoms with Gasteiger partial charge in [-0.1, -0.05) is 26.3 Å². The van der Waals surface area contributed by atoms with E-state index in [1.807, 2.05) is 0 Å². The van der Waals surface area contributed by atoms with Gasteiger partial charge in [-0.3, -0.25) is 19.2 Å². The maximum atomic E-state index is 10.0. The summed E-state index contributed by atoms with van der Waals surface area (Å²) < 4.78 is 0. The van der Waals surface area contributed by atoms with Crippen LogP contribution in [0.5, 0.6) is 0 Å². The first-order valence-electron chi connectivity index (χ1n) is 12.6. The van der Waals surface area contributed by atoms with Crippen molar-refractivity contribution in [3.63, 3.8) is 0 Å². The van der Waals surface area contributed by atoms with Gasteiger partial charge >= 0.3 is 49.7 Å². The van der Waals surface area contributed by atoms with Crippen molar-refractivity contribution in [1.82, 2.24) is 0 Å². The van der Waals surface area contributed by atoms with E-state index in [0.29, 0.717) is 25.7 Å². The van der Waals surface area contributed by atoms with Crippen molar-refractivity contribution in [2.75, 3.05) is 0 Å². The number of hydrogen-bond donors (Lipinski definition) is 4. The number of carboxylic acids is 8. The van der Waals surface area contributed by atoms with Gasteiger partial charge in [0, 0.05) is 25.7 Å². The molecule has 0 aliphatic carbocycles. The summed E-state index contributed by atoms with van der Waals surface area (Å²) in [6, 6.07) is 0. The Balaban J connectivity index is -0.000000157. The largest absolute Gasteiger partial charge is 4.00 e. The Morgan fingerprint density at radius 1 is 0.356 bits per heavy atom. The van der Waals surface area contributed by atoms with Gasteiger partial charge in [-0.2, -0.15) is 0 Å². The van der Waals surface area contributed by atoms with Gasteiger partial charge in [-0.25, -0.2) is 0 Å². The van der Waals surface area contributed by atoms with Gasteiger partial charge in [0.1, 0.15) is 0 Å². The topological polar surface area (TPSA) is 310 Å². The molecule has 0 aromatic rings. The molecule has 0 fully saturated rings. The smallest absolute Gasteiger partial charge is 0.545 e. The van der Waals surface area contributed by atoms with Crippen LogP contribution >= 0.6 is 0 Å². The Labute approximate surface area is 277 Å². The molecule has 0 aliphatic rings. The van der Waals surface area contributed by atoms with E-state index < -0.39 is 47.8 Å².